The van der Waals surface area contributed by atoms with Crippen LogP contribution in [0.25, 0.3) is 6.08 Å². The van der Waals surface area contributed by atoms with Crippen LogP contribution in [0, 0.1) is 0 Å². The zero-order valence-electron chi connectivity index (χ0n) is 10.0. The topological polar surface area (TPSA) is 92.4 Å². The fourth-order valence-corrected chi connectivity index (χ4v) is 1.73. The van der Waals surface area contributed by atoms with Gasteiger partial charge in [0.25, 0.3) is 0 Å². The van der Waals surface area contributed by atoms with Crippen molar-refractivity contribution in [1.29, 1.82) is 0 Å². The van der Waals surface area contributed by atoms with Crippen LogP contribution in [0.3, 0.4) is 0 Å². The van der Waals surface area contributed by atoms with Gasteiger partial charge in [-0.05, 0) is 46.3 Å². The standard InChI is InChI=1S/C13H9BrN2O4/c14-10-5-3-8(20-10)4-6-11(17)16-12-9(13(18)19)2-1-7-15-12/h1-7H,(H,18,19)(H,15,16,17). The summed E-state index contributed by atoms with van der Waals surface area (Å²) in [7, 11) is 0. The first-order valence-electron chi connectivity index (χ1n) is 5.49. The Morgan fingerprint density at radius 1 is 1.35 bits per heavy atom. The molecule has 1 amide bonds. The van der Waals surface area contributed by atoms with Crippen molar-refractivity contribution in [3.8, 4) is 0 Å². The van der Waals surface area contributed by atoms with Crippen molar-refractivity contribution in [2.75, 3.05) is 5.32 Å². The summed E-state index contributed by atoms with van der Waals surface area (Å²) in [6.45, 7) is 0. The van der Waals surface area contributed by atoms with E-state index in [-0.39, 0.29) is 11.4 Å². The molecule has 2 rings (SSSR count). The molecule has 0 spiro atoms. The molecule has 2 aromatic heterocycles. The minimum absolute atomic E-state index is 0.00437. The molecule has 2 N–H and O–H groups in total. The van der Waals surface area contributed by atoms with E-state index in [0.29, 0.717) is 10.4 Å². The van der Waals surface area contributed by atoms with E-state index in [1.807, 2.05) is 0 Å². The zero-order chi connectivity index (χ0) is 14.5. The number of hydrogen-bond donors (Lipinski definition) is 2. The molecule has 0 aliphatic rings. The van der Waals surface area contributed by atoms with Gasteiger partial charge < -0.3 is 14.8 Å². The first-order chi connectivity index (χ1) is 9.56. The molecular weight excluding hydrogens is 328 g/mol. The highest BCUT2D eigenvalue weighted by molar-refractivity contribution is 9.10. The van der Waals surface area contributed by atoms with Crippen molar-refractivity contribution in [1.82, 2.24) is 4.98 Å². The third-order valence-electron chi connectivity index (χ3n) is 2.27. The van der Waals surface area contributed by atoms with Gasteiger partial charge in [0.2, 0.25) is 5.91 Å². The Morgan fingerprint density at radius 2 is 2.15 bits per heavy atom. The minimum Gasteiger partial charge on any atom is -0.478 e. The maximum atomic E-state index is 11.7. The van der Waals surface area contributed by atoms with Crippen LogP contribution in [0.5, 0.6) is 0 Å². The largest absolute Gasteiger partial charge is 0.478 e. The lowest BCUT2D eigenvalue weighted by Gasteiger charge is -2.04. The average Bonchev–Trinajstić information content (AvgIpc) is 2.83. The molecule has 0 fully saturated rings. The summed E-state index contributed by atoms with van der Waals surface area (Å²) in [5.41, 5.74) is -0.0741. The molecule has 102 valence electrons. The van der Waals surface area contributed by atoms with Gasteiger partial charge in [0.05, 0.1) is 0 Å². The van der Waals surface area contributed by atoms with Gasteiger partial charge in [-0.3, -0.25) is 4.79 Å². The highest BCUT2D eigenvalue weighted by Crippen LogP contribution is 2.15. The number of anilines is 1. The monoisotopic (exact) mass is 336 g/mol. The van der Waals surface area contributed by atoms with Gasteiger partial charge in [0.15, 0.2) is 4.67 Å². The molecule has 0 aromatic carbocycles. The molecule has 0 aliphatic heterocycles. The molecule has 2 aromatic rings. The SMILES string of the molecule is O=C(C=Cc1ccc(Br)o1)Nc1ncccc1C(=O)O. The van der Waals surface area contributed by atoms with Gasteiger partial charge in [-0.2, -0.15) is 0 Å². The number of hydrogen-bond acceptors (Lipinski definition) is 4. The number of furan rings is 1. The molecule has 0 aliphatic carbocycles. The van der Waals surface area contributed by atoms with E-state index in [2.05, 4.69) is 26.2 Å². The molecule has 20 heavy (non-hydrogen) atoms. The van der Waals surface area contributed by atoms with Crippen molar-refractivity contribution >= 4 is 39.7 Å². The Labute approximate surface area is 122 Å². The van der Waals surface area contributed by atoms with Crippen LogP contribution in [-0.4, -0.2) is 22.0 Å². The van der Waals surface area contributed by atoms with Crippen LogP contribution in [0.15, 0.2) is 45.6 Å². The van der Waals surface area contributed by atoms with Crippen LogP contribution in [-0.2, 0) is 4.79 Å². The number of nitrogens with zero attached hydrogens (tertiary/aromatic N) is 1. The number of nitrogens with one attached hydrogen (secondary N) is 1. The van der Waals surface area contributed by atoms with E-state index in [4.69, 9.17) is 9.52 Å². The lowest BCUT2D eigenvalue weighted by atomic mass is 10.2. The van der Waals surface area contributed by atoms with Crippen LogP contribution in [0.2, 0.25) is 0 Å². The van der Waals surface area contributed by atoms with E-state index in [1.54, 1.807) is 12.1 Å². The van der Waals surface area contributed by atoms with Gasteiger partial charge in [0, 0.05) is 12.3 Å². The first-order valence-corrected chi connectivity index (χ1v) is 6.28. The molecular formula is C13H9BrN2O4. The minimum atomic E-state index is -1.16. The van der Waals surface area contributed by atoms with Crippen LogP contribution >= 0.6 is 15.9 Å². The fraction of sp³-hybridized carbons (Fsp3) is 0. The number of aromatic carboxylic acids is 1. The van der Waals surface area contributed by atoms with Crippen molar-refractivity contribution in [3.63, 3.8) is 0 Å². The fourth-order valence-electron chi connectivity index (χ4n) is 1.41. The quantitative estimate of drug-likeness (QED) is 0.837. The summed E-state index contributed by atoms with van der Waals surface area (Å²) >= 11 is 3.14. The van der Waals surface area contributed by atoms with Crippen LogP contribution < -0.4 is 5.32 Å². The number of halogens is 1. The number of carbonyl (C=O) groups is 2. The zero-order valence-corrected chi connectivity index (χ0v) is 11.6. The smallest absolute Gasteiger partial charge is 0.339 e. The number of pyridine rings is 1. The van der Waals surface area contributed by atoms with Gasteiger partial charge in [0.1, 0.15) is 17.1 Å². The summed E-state index contributed by atoms with van der Waals surface area (Å²) in [5, 5.41) is 11.4. The Kier molecular flexibility index (Phi) is 4.31. The Hall–Kier alpha value is -2.41. The molecule has 0 bridgehead atoms. The van der Waals surface area contributed by atoms with E-state index >= 15 is 0 Å². The molecule has 6 nitrogen and oxygen atoms in total. The Morgan fingerprint density at radius 3 is 2.80 bits per heavy atom. The predicted octanol–water partition coefficient (Wildman–Crippen LogP) is 2.79. The highest BCUT2D eigenvalue weighted by atomic mass is 79.9. The Balaban J connectivity index is 2.09. The van der Waals surface area contributed by atoms with E-state index in [1.165, 1.54) is 30.5 Å². The lowest BCUT2D eigenvalue weighted by molar-refractivity contribution is -0.111. The van der Waals surface area contributed by atoms with Gasteiger partial charge in [-0.15, -0.1) is 0 Å². The number of amides is 1. The van der Waals surface area contributed by atoms with E-state index in [0.717, 1.165) is 0 Å². The van der Waals surface area contributed by atoms with Gasteiger partial charge in [-0.1, -0.05) is 0 Å². The van der Waals surface area contributed by atoms with E-state index < -0.39 is 11.9 Å². The van der Waals surface area contributed by atoms with Crippen LogP contribution in [0.4, 0.5) is 5.82 Å². The second-order valence-electron chi connectivity index (χ2n) is 3.67. The normalized spacial score (nSPS) is 10.7. The molecule has 0 saturated carbocycles. The first kappa shape index (κ1) is 14.0. The van der Waals surface area contributed by atoms with Crippen molar-refractivity contribution in [2.45, 2.75) is 0 Å². The third-order valence-corrected chi connectivity index (χ3v) is 2.70. The van der Waals surface area contributed by atoms with E-state index in [9.17, 15) is 9.59 Å². The summed E-state index contributed by atoms with van der Waals surface area (Å²) in [6, 6.07) is 6.21. The van der Waals surface area contributed by atoms with Crippen LogP contribution in [0.1, 0.15) is 16.1 Å². The Bertz CT molecular complexity index is 679. The maximum absolute atomic E-state index is 11.7. The van der Waals surface area contributed by atoms with Crippen molar-refractivity contribution in [2.24, 2.45) is 0 Å². The third kappa shape index (κ3) is 3.55. The summed E-state index contributed by atoms with van der Waals surface area (Å²) in [4.78, 5) is 26.5. The summed E-state index contributed by atoms with van der Waals surface area (Å²) in [5.74, 6) is -1.17. The highest BCUT2D eigenvalue weighted by Gasteiger charge is 2.11. The summed E-state index contributed by atoms with van der Waals surface area (Å²) in [6.07, 6.45) is 4.09. The average molecular weight is 337 g/mol. The number of rotatable bonds is 4. The second kappa shape index (κ2) is 6.16. The molecule has 2 heterocycles. The van der Waals surface area contributed by atoms with Crippen molar-refractivity contribution < 1.29 is 19.1 Å². The molecule has 0 saturated heterocycles. The van der Waals surface area contributed by atoms with Crippen molar-refractivity contribution in [3.05, 3.63) is 52.5 Å². The molecule has 0 radical (unpaired) electrons. The number of carboxylic acids is 1. The van der Waals surface area contributed by atoms with Gasteiger partial charge in [-0.25, -0.2) is 9.78 Å². The molecule has 0 atom stereocenters. The molecule has 7 heteroatoms. The predicted molar refractivity (Wildman–Crippen MR) is 75.3 cm³/mol. The number of carbonyl (C=O) groups excluding carboxylic acids is 1. The lowest BCUT2D eigenvalue weighted by Crippen LogP contribution is -2.13. The van der Waals surface area contributed by atoms with Gasteiger partial charge >= 0.3 is 5.97 Å². The molecule has 0 unspecified atom stereocenters. The maximum Gasteiger partial charge on any atom is 0.339 e. The number of carboxylic acid groups (broad SMARTS) is 1. The summed E-state index contributed by atoms with van der Waals surface area (Å²) < 4.78 is 5.74. The second-order valence-corrected chi connectivity index (χ2v) is 4.45. The number of aromatic nitrogens is 1.